The third-order valence-corrected chi connectivity index (χ3v) is 9.53. The van der Waals surface area contributed by atoms with Crippen molar-refractivity contribution >= 4 is 31.3 Å². The lowest BCUT2D eigenvalue weighted by atomic mass is 10.1. The fraction of sp³-hybridized carbons (Fsp3) is 0.310. The Morgan fingerprint density at radius 3 is 2.28 bits per heavy atom. The minimum atomic E-state index is -3.24. The number of rotatable bonds is 9. The van der Waals surface area contributed by atoms with Crippen molar-refractivity contribution in [2.24, 2.45) is 0 Å². The van der Waals surface area contributed by atoms with Crippen LogP contribution in [0.4, 0.5) is 0 Å². The van der Waals surface area contributed by atoms with Crippen LogP contribution < -0.4 is 9.47 Å². The van der Waals surface area contributed by atoms with Gasteiger partial charge in [-0.3, -0.25) is 4.90 Å². The van der Waals surface area contributed by atoms with Crippen molar-refractivity contribution in [1.29, 1.82) is 0 Å². The zero-order valence-electron chi connectivity index (χ0n) is 20.5. The molecule has 0 atom stereocenters. The van der Waals surface area contributed by atoms with Crippen LogP contribution in [0.3, 0.4) is 0 Å². The Kier molecular flexibility index (Phi) is 7.60. The fourth-order valence-electron chi connectivity index (χ4n) is 4.49. The lowest BCUT2D eigenvalue weighted by Crippen LogP contribution is -2.33. The Hall–Kier alpha value is -2.87. The summed E-state index contributed by atoms with van der Waals surface area (Å²) in [6.45, 7) is 5.64. The summed E-state index contributed by atoms with van der Waals surface area (Å²) < 4.78 is 38.0. The van der Waals surface area contributed by atoms with Gasteiger partial charge in [-0.2, -0.15) is 0 Å². The van der Waals surface area contributed by atoms with Crippen LogP contribution in [0.25, 0.3) is 20.5 Å². The van der Waals surface area contributed by atoms with E-state index in [1.807, 2.05) is 48.5 Å². The molecule has 7 heteroatoms. The number of fused-ring (bicyclic) bond motifs is 1. The van der Waals surface area contributed by atoms with Crippen LogP contribution in [0.5, 0.6) is 17.2 Å². The van der Waals surface area contributed by atoms with E-state index < -0.39 is 9.84 Å². The molecular formula is C29H31NO4S2. The first-order chi connectivity index (χ1) is 17.5. The highest BCUT2D eigenvalue weighted by atomic mass is 32.2. The maximum atomic E-state index is 12.2. The number of ether oxygens (including phenoxy) is 2. The van der Waals surface area contributed by atoms with E-state index in [4.69, 9.17) is 9.47 Å². The van der Waals surface area contributed by atoms with E-state index in [-0.39, 0.29) is 5.75 Å². The van der Waals surface area contributed by atoms with Gasteiger partial charge in [-0.05, 0) is 80.0 Å². The number of thiophene rings is 1. The number of benzene rings is 3. The topological polar surface area (TPSA) is 55.8 Å². The molecule has 0 saturated carbocycles. The monoisotopic (exact) mass is 521 g/mol. The van der Waals surface area contributed by atoms with E-state index in [0.717, 1.165) is 44.3 Å². The van der Waals surface area contributed by atoms with Crippen molar-refractivity contribution in [3.05, 3.63) is 72.8 Å². The van der Waals surface area contributed by atoms with E-state index in [0.29, 0.717) is 11.5 Å². The van der Waals surface area contributed by atoms with Crippen LogP contribution in [0, 0.1) is 0 Å². The summed E-state index contributed by atoms with van der Waals surface area (Å²) in [4.78, 5) is 3.78. The second-order valence-corrected chi connectivity index (χ2v) is 12.3. The smallest absolute Gasteiger partial charge is 0.178 e. The molecule has 0 amide bonds. The molecule has 188 valence electrons. The SMILES string of the molecule is CCS(=O)(=O)c1ccc(-c2sc3ccccc3c2Oc2ccc(OCCN3CCCCC3)cc2)cc1. The first-order valence-corrected chi connectivity index (χ1v) is 15.0. The molecule has 4 aromatic rings. The highest BCUT2D eigenvalue weighted by Gasteiger charge is 2.18. The van der Waals surface area contributed by atoms with Gasteiger partial charge in [-0.1, -0.05) is 37.6 Å². The van der Waals surface area contributed by atoms with Crippen molar-refractivity contribution in [2.75, 3.05) is 32.0 Å². The Bertz CT molecular complexity index is 1400. The average Bonchev–Trinajstić information content (AvgIpc) is 3.28. The number of sulfone groups is 1. The zero-order chi connectivity index (χ0) is 25.0. The third-order valence-electron chi connectivity index (χ3n) is 6.57. The molecule has 0 bridgehead atoms. The standard InChI is InChI=1S/C29H31NO4S2/c1-2-36(31,32)25-16-10-22(11-17-25)29-28(26-8-4-5-9-27(26)35-29)34-24-14-12-23(13-15-24)33-21-20-30-18-6-3-7-19-30/h4-5,8-17H,2-3,6-7,18-21H2,1H3. The quantitative estimate of drug-likeness (QED) is 0.237. The summed E-state index contributed by atoms with van der Waals surface area (Å²) in [5.74, 6) is 2.43. The van der Waals surface area contributed by atoms with Crippen molar-refractivity contribution < 1.29 is 17.9 Å². The number of hydrogen-bond acceptors (Lipinski definition) is 6. The van der Waals surface area contributed by atoms with Crippen LogP contribution >= 0.6 is 11.3 Å². The Balaban J connectivity index is 1.34. The summed E-state index contributed by atoms with van der Waals surface area (Å²) >= 11 is 1.64. The van der Waals surface area contributed by atoms with Crippen LogP contribution in [-0.2, 0) is 9.84 Å². The summed E-state index contributed by atoms with van der Waals surface area (Å²) in [6, 6.07) is 23.0. The van der Waals surface area contributed by atoms with E-state index in [1.165, 1.54) is 32.4 Å². The van der Waals surface area contributed by atoms with E-state index in [1.54, 1.807) is 30.4 Å². The van der Waals surface area contributed by atoms with Gasteiger partial charge in [-0.25, -0.2) is 8.42 Å². The summed E-state index contributed by atoms with van der Waals surface area (Å²) in [5, 5.41) is 1.03. The predicted octanol–water partition coefficient (Wildman–Crippen LogP) is 7.02. The Morgan fingerprint density at radius 1 is 0.861 bits per heavy atom. The van der Waals surface area contributed by atoms with Crippen LogP contribution in [-0.4, -0.2) is 45.3 Å². The second kappa shape index (κ2) is 11.0. The van der Waals surface area contributed by atoms with Gasteiger partial charge in [0, 0.05) is 16.6 Å². The number of nitrogens with zero attached hydrogens (tertiary/aromatic N) is 1. The van der Waals surface area contributed by atoms with E-state index >= 15 is 0 Å². The predicted molar refractivity (Wildman–Crippen MR) is 147 cm³/mol. The largest absolute Gasteiger partial charge is 0.492 e. The molecule has 0 radical (unpaired) electrons. The van der Waals surface area contributed by atoms with Crippen LogP contribution in [0.2, 0.25) is 0 Å². The Morgan fingerprint density at radius 2 is 1.56 bits per heavy atom. The second-order valence-electron chi connectivity index (χ2n) is 9.01. The molecule has 0 N–H and O–H groups in total. The van der Waals surface area contributed by atoms with Crippen molar-refractivity contribution in [3.63, 3.8) is 0 Å². The number of hydrogen-bond donors (Lipinski definition) is 0. The molecule has 0 aliphatic carbocycles. The molecule has 0 unspecified atom stereocenters. The molecule has 5 rings (SSSR count). The van der Waals surface area contributed by atoms with Gasteiger partial charge in [0.2, 0.25) is 0 Å². The highest BCUT2D eigenvalue weighted by Crippen LogP contribution is 2.46. The average molecular weight is 522 g/mol. The molecule has 5 nitrogen and oxygen atoms in total. The van der Waals surface area contributed by atoms with E-state index in [2.05, 4.69) is 17.0 Å². The molecule has 1 aliphatic rings. The molecular weight excluding hydrogens is 490 g/mol. The van der Waals surface area contributed by atoms with Crippen molar-refractivity contribution in [2.45, 2.75) is 31.1 Å². The minimum absolute atomic E-state index is 0.0849. The highest BCUT2D eigenvalue weighted by molar-refractivity contribution is 7.91. The number of likely N-dealkylation sites (tertiary alicyclic amines) is 1. The molecule has 1 saturated heterocycles. The maximum absolute atomic E-state index is 12.2. The fourth-order valence-corrected chi connectivity index (χ4v) is 6.51. The molecule has 1 fully saturated rings. The lowest BCUT2D eigenvalue weighted by Gasteiger charge is -2.26. The van der Waals surface area contributed by atoms with E-state index in [9.17, 15) is 8.42 Å². The van der Waals surface area contributed by atoms with Gasteiger partial charge in [0.1, 0.15) is 18.1 Å². The lowest BCUT2D eigenvalue weighted by molar-refractivity contribution is 0.183. The first-order valence-electron chi connectivity index (χ1n) is 12.5. The summed E-state index contributed by atoms with van der Waals surface area (Å²) in [5.41, 5.74) is 0.930. The normalized spacial score (nSPS) is 14.7. The molecule has 3 aromatic carbocycles. The van der Waals surface area contributed by atoms with Crippen molar-refractivity contribution in [3.8, 4) is 27.7 Å². The molecule has 36 heavy (non-hydrogen) atoms. The van der Waals surface area contributed by atoms with Gasteiger partial charge < -0.3 is 9.47 Å². The van der Waals surface area contributed by atoms with Gasteiger partial charge in [0.25, 0.3) is 0 Å². The van der Waals surface area contributed by atoms with Gasteiger partial charge in [0.05, 0.1) is 15.5 Å². The van der Waals surface area contributed by atoms with Crippen LogP contribution in [0.1, 0.15) is 26.2 Å². The third kappa shape index (κ3) is 5.59. The van der Waals surface area contributed by atoms with Crippen molar-refractivity contribution in [1.82, 2.24) is 4.90 Å². The molecule has 2 heterocycles. The van der Waals surface area contributed by atoms with Gasteiger partial charge in [-0.15, -0.1) is 11.3 Å². The maximum Gasteiger partial charge on any atom is 0.178 e. The molecule has 0 spiro atoms. The zero-order valence-corrected chi connectivity index (χ0v) is 22.1. The first kappa shape index (κ1) is 24.8. The molecule has 1 aromatic heterocycles. The minimum Gasteiger partial charge on any atom is -0.492 e. The summed E-state index contributed by atoms with van der Waals surface area (Å²) in [7, 11) is -3.24. The van der Waals surface area contributed by atoms with Crippen LogP contribution in [0.15, 0.2) is 77.7 Å². The molecule has 1 aliphatic heterocycles. The van der Waals surface area contributed by atoms with Gasteiger partial charge >= 0.3 is 0 Å². The van der Waals surface area contributed by atoms with Gasteiger partial charge in [0.15, 0.2) is 15.6 Å². The Labute approximate surface area is 217 Å². The summed E-state index contributed by atoms with van der Waals surface area (Å²) in [6.07, 6.45) is 3.91. The number of piperidine rings is 1.